The van der Waals surface area contributed by atoms with E-state index in [1.165, 1.54) is 10.3 Å². The number of likely N-dealkylation sites (N-methyl/N-ethyl adjacent to an activating group) is 1. The van der Waals surface area contributed by atoms with Gasteiger partial charge in [0.1, 0.15) is 12.4 Å². The van der Waals surface area contributed by atoms with Gasteiger partial charge in [0.15, 0.2) is 0 Å². The number of nitrogens with zero attached hydrogens (tertiary/aromatic N) is 7. The lowest BCUT2D eigenvalue weighted by molar-refractivity contribution is 0.119. The molecular weight excluding hydrogens is 496 g/mol. The first-order chi connectivity index (χ1) is 19.0. The lowest BCUT2D eigenvalue weighted by Crippen LogP contribution is -2.55. The molecule has 3 aliphatic rings. The monoisotopic (exact) mass is 530 g/mol. The van der Waals surface area contributed by atoms with E-state index in [2.05, 4.69) is 57.1 Å². The smallest absolute Gasteiger partial charge is 0.407 e. The molecule has 11 heteroatoms. The maximum absolute atomic E-state index is 11.8. The van der Waals surface area contributed by atoms with E-state index < -0.39 is 12.1 Å². The molecule has 2 fully saturated rings. The number of benzene rings is 1. The number of rotatable bonds is 6. The van der Waals surface area contributed by atoms with Crippen molar-refractivity contribution in [1.29, 1.82) is 5.26 Å². The molecule has 0 saturated carbocycles. The number of aromatic amines is 1. The molecule has 3 aliphatic heterocycles. The molecule has 11 nitrogen and oxygen atoms in total. The normalized spacial score (nSPS) is 21.7. The van der Waals surface area contributed by atoms with Crippen LogP contribution in [0.25, 0.3) is 10.9 Å². The van der Waals surface area contributed by atoms with Gasteiger partial charge in [-0.15, -0.1) is 0 Å². The van der Waals surface area contributed by atoms with Crippen molar-refractivity contribution >= 4 is 28.5 Å². The number of carbonyl (C=O) groups is 1. The number of hydrogen-bond donors (Lipinski definition) is 2. The fraction of sp³-hybridized carbons (Fsp3) is 0.500. The van der Waals surface area contributed by atoms with Crippen molar-refractivity contribution in [3.8, 4) is 12.1 Å². The first-order valence-electron chi connectivity index (χ1n) is 13.7. The number of piperazine rings is 1. The summed E-state index contributed by atoms with van der Waals surface area (Å²) in [5.74, 6) is 0.809. The number of fused-ring (bicyclic) bond motifs is 2. The van der Waals surface area contributed by atoms with Gasteiger partial charge in [-0.05, 0) is 57.1 Å². The van der Waals surface area contributed by atoms with Crippen LogP contribution in [0.4, 0.5) is 16.3 Å². The van der Waals surface area contributed by atoms with Gasteiger partial charge < -0.3 is 34.4 Å². The SMILES string of the molecule is CN1CCC[C@H]1COc1nc2c(c(N3CCN(C(=O)O)[C@@H](CC#N)C3)n1)CCN(c1ccc3[nH]ccc3c1)C2. The van der Waals surface area contributed by atoms with E-state index in [9.17, 15) is 15.2 Å². The van der Waals surface area contributed by atoms with Gasteiger partial charge in [0, 0.05) is 60.6 Å². The van der Waals surface area contributed by atoms with Crippen molar-refractivity contribution in [2.24, 2.45) is 0 Å². The third-order valence-corrected chi connectivity index (χ3v) is 8.36. The minimum absolute atomic E-state index is 0.142. The average Bonchev–Trinajstić information content (AvgIpc) is 3.59. The molecule has 2 aromatic heterocycles. The zero-order chi connectivity index (χ0) is 26.9. The van der Waals surface area contributed by atoms with Crippen molar-refractivity contribution in [3.63, 3.8) is 0 Å². The summed E-state index contributed by atoms with van der Waals surface area (Å²) in [7, 11) is 2.12. The molecule has 0 radical (unpaired) electrons. The Morgan fingerprint density at radius 2 is 2.08 bits per heavy atom. The van der Waals surface area contributed by atoms with Crippen LogP contribution >= 0.6 is 0 Å². The number of ether oxygens (including phenoxy) is 1. The Labute approximate surface area is 227 Å². The van der Waals surface area contributed by atoms with Gasteiger partial charge in [0.05, 0.1) is 30.8 Å². The fourth-order valence-corrected chi connectivity index (χ4v) is 6.11. The highest BCUT2D eigenvalue weighted by Gasteiger charge is 2.34. The Morgan fingerprint density at radius 3 is 2.87 bits per heavy atom. The summed E-state index contributed by atoms with van der Waals surface area (Å²) in [6.07, 6.45) is 4.13. The molecule has 1 aromatic carbocycles. The van der Waals surface area contributed by atoms with E-state index in [0.717, 1.165) is 60.6 Å². The van der Waals surface area contributed by atoms with Crippen LogP contribution in [-0.2, 0) is 13.0 Å². The third kappa shape index (κ3) is 5.04. The molecular formula is C28H34N8O3. The van der Waals surface area contributed by atoms with Crippen LogP contribution in [0.15, 0.2) is 30.5 Å². The highest BCUT2D eigenvalue weighted by atomic mass is 16.5. The lowest BCUT2D eigenvalue weighted by Gasteiger charge is -2.41. The molecule has 1 amide bonds. The quantitative estimate of drug-likeness (QED) is 0.495. The first-order valence-corrected chi connectivity index (χ1v) is 13.7. The molecule has 3 aromatic rings. The summed E-state index contributed by atoms with van der Waals surface area (Å²) in [6, 6.07) is 11.0. The van der Waals surface area contributed by atoms with Gasteiger partial charge in [-0.1, -0.05) is 0 Å². The Kier molecular flexibility index (Phi) is 6.87. The van der Waals surface area contributed by atoms with Crippen LogP contribution in [0.3, 0.4) is 0 Å². The van der Waals surface area contributed by atoms with Crippen molar-refractivity contribution in [2.45, 2.75) is 44.3 Å². The van der Waals surface area contributed by atoms with Gasteiger partial charge in [0.25, 0.3) is 0 Å². The fourth-order valence-electron chi connectivity index (χ4n) is 6.11. The van der Waals surface area contributed by atoms with Crippen molar-refractivity contribution in [1.82, 2.24) is 24.8 Å². The maximum Gasteiger partial charge on any atom is 0.407 e. The number of anilines is 2. The van der Waals surface area contributed by atoms with Crippen LogP contribution in [0.5, 0.6) is 6.01 Å². The average molecular weight is 531 g/mol. The Morgan fingerprint density at radius 1 is 1.18 bits per heavy atom. The number of H-pyrrole nitrogens is 1. The molecule has 204 valence electrons. The Balaban J connectivity index is 1.30. The lowest BCUT2D eigenvalue weighted by atomic mass is 10.0. The second-order valence-electron chi connectivity index (χ2n) is 10.7. The summed E-state index contributed by atoms with van der Waals surface area (Å²) in [5.41, 5.74) is 4.28. The van der Waals surface area contributed by atoms with Gasteiger partial charge in [-0.25, -0.2) is 4.79 Å². The number of amides is 1. The zero-order valence-corrected chi connectivity index (χ0v) is 22.2. The van der Waals surface area contributed by atoms with Crippen LogP contribution in [0, 0.1) is 11.3 Å². The van der Waals surface area contributed by atoms with Crippen LogP contribution in [0.2, 0.25) is 0 Å². The van der Waals surface area contributed by atoms with Gasteiger partial charge >= 0.3 is 12.1 Å². The largest absolute Gasteiger partial charge is 0.465 e. The Hall–Kier alpha value is -4.04. The molecule has 0 bridgehead atoms. The topological polar surface area (TPSA) is 125 Å². The first kappa shape index (κ1) is 25.2. The highest BCUT2D eigenvalue weighted by molar-refractivity contribution is 5.83. The van der Waals surface area contributed by atoms with Crippen LogP contribution in [-0.4, -0.2) is 94.4 Å². The summed E-state index contributed by atoms with van der Waals surface area (Å²) in [5, 5.41) is 20.2. The van der Waals surface area contributed by atoms with Crippen molar-refractivity contribution in [2.75, 3.05) is 56.2 Å². The van der Waals surface area contributed by atoms with Gasteiger partial charge in [0.2, 0.25) is 0 Å². The minimum Gasteiger partial charge on any atom is -0.465 e. The van der Waals surface area contributed by atoms with Crippen molar-refractivity contribution < 1.29 is 14.6 Å². The summed E-state index contributed by atoms with van der Waals surface area (Å²) < 4.78 is 6.21. The predicted octanol–water partition coefficient (Wildman–Crippen LogP) is 3.08. The van der Waals surface area contributed by atoms with E-state index >= 15 is 0 Å². The summed E-state index contributed by atoms with van der Waals surface area (Å²) >= 11 is 0. The summed E-state index contributed by atoms with van der Waals surface area (Å²) in [6.45, 7) is 4.32. The van der Waals surface area contributed by atoms with E-state index in [4.69, 9.17) is 14.7 Å². The minimum atomic E-state index is -0.987. The maximum atomic E-state index is 11.8. The van der Waals surface area contributed by atoms with E-state index in [-0.39, 0.29) is 6.42 Å². The number of aromatic nitrogens is 3. The standard InChI is InChI=1S/C28H34N8O3/c1-33-11-2-3-22(33)18-39-27-31-25-17-34(20-4-5-24-19(15-20)7-10-30-24)12-8-23(25)26(32-27)35-13-14-36(28(37)38)21(16-35)6-9-29/h4-5,7,10,15,21-22,30H,2-3,6,8,11-14,16-18H2,1H3,(H,37,38)/t21-,22-/m0/s1. The number of nitriles is 1. The van der Waals surface area contributed by atoms with E-state index in [1.807, 2.05) is 6.20 Å². The molecule has 6 rings (SSSR count). The number of nitrogens with one attached hydrogen (secondary N) is 1. The molecule has 2 atom stereocenters. The van der Waals surface area contributed by atoms with Crippen molar-refractivity contribution in [3.05, 3.63) is 41.7 Å². The van der Waals surface area contributed by atoms with E-state index in [1.54, 1.807) is 0 Å². The molecule has 2 saturated heterocycles. The molecule has 5 heterocycles. The predicted molar refractivity (Wildman–Crippen MR) is 147 cm³/mol. The highest BCUT2D eigenvalue weighted by Crippen LogP contribution is 2.33. The number of carboxylic acid groups (broad SMARTS) is 1. The molecule has 0 aliphatic carbocycles. The third-order valence-electron chi connectivity index (χ3n) is 8.36. The van der Waals surface area contributed by atoms with Gasteiger partial charge in [-0.2, -0.15) is 15.2 Å². The number of likely N-dealkylation sites (tertiary alicyclic amines) is 1. The second-order valence-corrected chi connectivity index (χ2v) is 10.7. The Bertz CT molecular complexity index is 1400. The molecule has 0 spiro atoms. The van der Waals surface area contributed by atoms with Crippen LogP contribution < -0.4 is 14.5 Å². The molecule has 0 unspecified atom stereocenters. The second kappa shape index (κ2) is 10.6. The van der Waals surface area contributed by atoms with Crippen LogP contribution in [0.1, 0.15) is 30.5 Å². The molecule has 39 heavy (non-hydrogen) atoms. The summed E-state index contributed by atoms with van der Waals surface area (Å²) in [4.78, 5) is 33.0. The molecule has 2 N–H and O–H groups in total. The van der Waals surface area contributed by atoms with E-state index in [0.29, 0.717) is 44.8 Å². The number of hydrogen-bond acceptors (Lipinski definition) is 8. The zero-order valence-electron chi connectivity index (χ0n) is 22.2. The van der Waals surface area contributed by atoms with Gasteiger partial charge in [-0.3, -0.25) is 0 Å².